The number of oxime groups is 1. The molecule has 0 amide bonds. The van der Waals surface area contributed by atoms with Gasteiger partial charge >= 0.3 is 0 Å². The van der Waals surface area contributed by atoms with Crippen molar-refractivity contribution in [2.24, 2.45) is 5.16 Å². The second kappa shape index (κ2) is 3.12. The molecule has 1 aliphatic heterocycles. The molecule has 0 fully saturated rings. The van der Waals surface area contributed by atoms with Gasteiger partial charge in [-0.2, -0.15) is 0 Å². The third kappa shape index (κ3) is 1.39. The maximum atomic E-state index is 13.1. The van der Waals surface area contributed by atoms with Gasteiger partial charge in [-0.15, -0.1) is 0 Å². The third-order valence-corrected chi connectivity index (χ3v) is 1.90. The van der Waals surface area contributed by atoms with Crippen molar-refractivity contribution in [1.82, 2.24) is 0 Å². The largest absolute Gasteiger partial charge is 0.387 e. The van der Waals surface area contributed by atoms with Crippen molar-refractivity contribution in [3.05, 3.63) is 35.4 Å². The van der Waals surface area contributed by atoms with Crippen LogP contribution in [0.1, 0.15) is 18.1 Å². The number of benzene rings is 1. The van der Waals surface area contributed by atoms with Gasteiger partial charge in [-0.05, 0) is 12.1 Å². The molecule has 1 unspecified atom stereocenters. The molecule has 0 bridgehead atoms. The summed E-state index contributed by atoms with van der Waals surface area (Å²) in [7, 11) is 0. The Hall–Kier alpha value is -1.45. The quantitative estimate of drug-likeness (QED) is 0.655. The van der Waals surface area contributed by atoms with E-state index in [-0.39, 0.29) is 5.56 Å². The molecule has 0 radical (unpaired) electrons. The van der Waals surface area contributed by atoms with Gasteiger partial charge in [-0.25, -0.2) is 8.78 Å². The van der Waals surface area contributed by atoms with E-state index in [2.05, 4.69) is 5.16 Å². The highest BCUT2D eigenvalue weighted by molar-refractivity contribution is 5.59. The Morgan fingerprint density at radius 2 is 2.00 bits per heavy atom. The fourth-order valence-corrected chi connectivity index (χ4v) is 1.29. The summed E-state index contributed by atoms with van der Waals surface area (Å²) >= 11 is 0. The second-order valence-corrected chi connectivity index (χ2v) is 2.75. The molecule has 1 atom stereocenters. The average Bonchev–Trinajstić information content (AvgIpc) is 2.57. The summed E-state index contributed by atoms with van der Waals surface area (Å²) < 4.78 is 26.3. The van der Waals surface area contributed by atoms with Crippen LogP contribution in [0.3, 0.4) is 0 Å². The number of hydrogen-bond donors (Lipinski definition) is 0. The van der Waals surface area contributed by atoms with E-state index in [4.69, 9.17) is 4.84 Å². The minimum Gasteiger partial charge on any atom is -0.387 e. The van der Waals surface area contributed by atoms with Crippen LogP contribution in [0, 0.1) is 11.6 Å². The van der Waals surface area contributed by atoms with Crippen LogP contribution in [0.4, 0.5) is 8.78 Å². The molecule has 1 aromatic rings. The van der Waals surface area contributed by atoms with Crippen LogP contribution in [-0.2, 0) is 4.84 Å². The third-order valence-electron chi connectivity index (χ3n) is 1.90. The summed E-state index contributed by atoms with van der Waals surface area (Å²) in [5.41, 5.74) is -0.0417. The fraction of sp³-hybridized carbons (Fsp3) is 0.222. The monoisotopic (exact) mass is 183 g/mol. The first-order valence-corrected chi connectivity index (χ1v) is 3.90. The van der Waals surface area contributed by atoms with Gasteiger partial charge in [0.15, 0.2) is 6.10 Å². The molecule has 0 saturated heterocycles. The van der Waals surface area contributed by atoms with Gasteiger partial charge in [0.2, 0.25) is 0 Å². The minimum atomic E-state index is -0.610. The topological polar surface area (TPSA) is 21.6 Å². The van der Waals surface area contributed by atoms with Crippen molar-refractivity contribution in [2.75, 3.05) is 0 Å². The smallest absolute Gasteiger partial charge is 0.163 e. The molecule has 2 nitrogen and oxygen atoms in total. The van der Waals surface area contributed by atoms with Crippen molar-refractivity contribution in [2.45, 2.75) is 12.5 Å². The van der Waals surface area contributed by atoms with E-state index >= 15 is 0 Å². The van der Waals surface area contributed by atoms with Crippen LogP contribution in [0.15, 0.2) is 23.4 Å². The summed E-state index contributed by atoms with van der Waals surface area (Å²) in [5.74, 6) is -1.17. The zero-order chi connectivity index (χ0) is 9.26. The normalized spacial score (nSPS) is 20.3. The Kier molecular flexibility index (Phi) is 1.96. The zero-order valence-corrected chi connectivity index (χ0v) is 6.71. The summed E-state index contributed by atoms with van der Waals surface area (Å²) in [6, 6.07) is 3.74. The van der Waals surface area contributed by atoms with Crippen LogP contribution in [0.25, 0.3) is 0 Å². The van der Waals surface area contributed by atoms with Gasteiger partial charge < -0.3 is 4.84 Å². The second-order valence-electron chi connectivity index (χ2n) is 2.75. The number of nitrogens with zero attached hydrogens (tertiary/aromatic N) is 1. The standard InChI is InChI=1S/C9H7F2NO/c10-6-2-1-3-7(11)9(6)8-4-5-12-13-8/h1-3,5,8H,4H2. The maximum absolute atomic E-state index is 13.1. The molecule has 68 valence electrons. The Morgan fingerprint density at radius 1 is 1.31 bits per heavy atom. The highest BCUT2D eigenvalue weighted by Crippen LogP contribution is 2.28. The molecule has 0 aliphatic carbocycles. The Morgan fingerprint density at radius 3 is 2.54 bits per heavy atom. The molecular formula is C9H7F2NO. The van der Waals surface area contributed by atoms with Gasteiger partial charge in [-0.1, -0.05) is 11.2 Å². The lowest BCUT2D eigenvalue weighted by atomic mass is 10.1. The number of halogens is 2. The van der Waals surface area contributed by atoms with E-state index in [9.17, 15) is 8.78 Å². The summed E-state index contributed by atoms with van der Waals surface area (Å²) in [6.45, 7) is 0. The van der Waals surface area contributed by atoms with Gasteiger partial charge in [0.1, 0.15) is 11.6 Å². The molecule has 2 rings (SSSR count). The first-order chi connectivity index (χ1) is 6.29. The lowest BCUT2D eigenvalue weighted by Gasteiger charge is -2.09. The molecule has 0 aromatic heterocycles. The van der Waals surface area contributed by atoms with Crippen LogP contribution >= 0.6 is 0 Å². The predicted octanol–water partition coefficient (Wildman–Crippen LogP) is 2.41. The molecule has 0 spiro atoms. The molecule has 0 N–H and O–H groups in total. The Bertz CT molecular complexity index is 323. The first-order valence-electron chi connectivity index (χ1n) is 3.90. The van der Waals surface area contributed by atoms with E-state index < -0.39 is 17.7 Å². The van der Waals surface area contributed by atoms with Crippen molar-refractivity contribution in [3.63, 3.8) is 0 Å². The van der Waals surface area contributed by atoms with Crippen LogP contribution in [-0.4, -0.2) is 6.21 Å². The van der Waals surface area contributed by atoms with Crippen LogP contribution in [0.5, 0.6) is 0 Å². The molecule has 1 heterocycles. The van der Waals surface area contributed by atoms with Gasteiger partial charge in [0.05, 0.1) is 5.56 Å². The molecule has 1 aliphatic rings. The highest BCUT2D eigenvalue weighted by Gasteiger charge is 2.23. The number of hydrogen-bond acceptors (Lipinski definition) is 2. The molecular weight excluding hydrogens is 176 g/mol. The van der Waals surface area contributed by atoms with Crippen LogP contribution in [0.2, 0.25) is 0 Å². The lowest BCUT2D eigenvalue weighted by molar-refractivity contribution is 0.0800. The predicted molar refractivity (Wildman–Crippen MR) is 43.3 cm³/mol. The van der Waals surface area contributed by atoms with Gasteiger partial charge in [0.25, 0.3) is 0 Å². The molecule has 0 saturated carbocycles. The summed E-state index contributed by atoms with van der Waals surface area (Å²) in [6.07, 6.45) is 1.30. The van der Waals surface area contributed by atoms with E-state index in [1.165, 1.54) is 24.4 Å². The fourth-order valence-electron chi connectivity index (χ4n) is 1.29. The Labute approximate surface area is 73.8 Å². The van der Waals surface area contributed by atoms with E-state index in [0.29, 0.717) is 6.42 Å². The Balaban J connectivity index is 2.38. The van der Waals surface area contributed by atoms with E-state index in [1.54, 1.807) is 0 Å². The minimum absolute atomic E-state index is 0.0417. The summed E-state index contributed by atoms with van der Waals surface area (Å²) in [4.78, 5) is 4.79. The zero-order valence-electron chi connectivity index (χ0n) is 6.71. The van der Waals surface area contributed by atoms with E-state index in [1.807, 2.05) is 0 Å². The highest BCUT2D eigenvalue weighted by atomic mass is 19.1. The molecule has 4 heteroatoms. The van der Waals surface area contributed by atoms with Crippen molar-refractivity contribution >= 4 is 6.21 Å². The maximum Gasteiger partial charge on any atom is 0.163 e. The van der Waals surface area contributed by atoms with Crippen molar-refractivity contribution in [3.8, 4) is 0 Å². The van der Waals surface area contributed by atoms with Gasteiger partial charge in [0, 0.05) is 12.6 Å². The van der Waals surface area contributed by atoms with E-state index in [0.717, 1.165) is 0 Å². The first kappa shape index (κ1) is 8.16. The molecule has 1 aromatic carbocycles. The van der Waals surface area contributed by atoms with Crippen LogP contribution < -0.4 is 0 Å². The summed E-state index contributed by atoms with van der Waals surface area (Å²) in [5, 5.41) is 3.47. The lowest BCUT2D eigenvalue weighted by Crippen LogP contribution is -2.02. The van der Waals surface area contributed by atoms with Crippen molar-refractivity contribution in [1.29, 1.82) is 0 Å². The average molecular weight is 183 g/mol. The molecule has 13 heavy (non-hydrogen) atoms. The van der Waals surface area contributed by atoms with Crippen molar-refractivity contribution < 1.29 is 13.6 Å². The van der Waals surface area contributed by atoms with Gasteiger partial charge in [-0.3, -0.25) is 0 Å². The SMILES string of the molecule is Fc1cccc(F)c1C1CC=NO1. The number of rotatable bonds is 1.